The van der Waals surface area contributed by atoms with E-state index in [0.717, 1.165) is 106 Å². The Kier molecular flexibility index (Phi) is 17.7. The predicted octanol–water partition coefficient (Wildman–Crippen LogP) is 7.24. The van der Waals surface area contributed by atoms with E-state index in [2.05, 4.69) is 82.2 Å². The number of likely N-dealkylation sites (tertiary alicyclic amines) is 2. The molecular weight excluding hydrogens is 733 g/mol. The third-order valence-corrected chi connectivity index (χ3v) is 10.1. The van der Waals surface area contributed by atoms with E-state index in [1.165, 1.54) is 0 Å². The van der Waals surface area contributed by atoms with Gasteiger partial charge in [-0.05, 0) is 55.7 Å². The van der Waals surface area contributed by atoms with E-state index in [1.54, 1.807) is 12.4 Å². The highest BCUT2D eigenvalue weighted by atomic mass is 16.5. The lowest BCUT2D eigenvalue weighted by atomic mass is 9.92. The van der Waals surface area contributed by atoms with Gasteiger partial charge in [0.1, 0.15) is 30.5 Å². The summed E-state index contributed by atoms with van der Waals surface area (Å²) >= 11 is 0. The molecule has 0 unspecified atom stereocenters. The average molecular weight is 803 g/mol. The van der Waals surface area contributed by atoms with Gasteiger partial charge in [0.15, 0.2) is 0 Å². The molecule has 0 saturated carbocycles. The number of aromatic nitrogens is 3. The van der Waals surface area contributed by atoms with E-state index in [4.69, 9.17) is 18.9 Å². The third-order valence-electron chi connectivity index (χ3n) is 10.1. The Morgan fingerprint density at radius 1 is 0.534 bits per heavy atom. The number of ether oxygens (including phenoxy) is 4. The zero-order chi connectivity index (χ0) is 42.2. The summed E-state index contributed by atoms with van der Waals surface area (Å²) in [7, 11) is 0. The van der Waals surface area contributed by atoms with Gasteiger partial charge >= 0.3 is 0 Å². The number of carbonyl (C=O) groups is 2. The minimum atomic E-state index is 0.0561. The lowest BCUT2D eigenvalue weighted by molar-refractivity contribution is -0.128. The van der Waals surface area contributed by atoms with E-state index in [-0.39, 0.29) is 28.1 Å². The Hall–Kier alpha value is -4.29. The SMILES string of the molecule is CC(C)(C)c1ccc(OCCCN2CCCC2=O)cn1.CC(C)(C)c1ccc(OCCN2CCCC2=O)cn1.CC(C)(C)c1ccc(OCCN2CCOCC2)cn1. The number of nitrogens with zero attached hydrogens (tertiary/aromatic N) is 6. The van der Waals surface area contributed by atoms with Gasteiger partial charge in [-0.2, -0.15) is 0 Å². The van der Waals surface area contributed by atoms with Crippen LogP contribution < -0.4 is 14.2 Å². The third kappa shape index (κ3) is 16.2. The highest BCUT2D eigenvalue weighted by Gasteiger charge is 2.21. The van der Waals surface area contributed by atoms with Crippen molar-refractivity contribution in [1.29, 1.82) is 0 Å². The second kappa shape index (κ2) is 22.2. The molecule has 3 aliphatic heterocycles. The Labute approximate surface area is 348 Å². The fourth-order valence-corrected chi connectivity index (χ4v) is 6.45. The molecule has 0 atom stereocenters. The maximum atomic E-state index is 11.4. The molecule has 3 saturated heterocycles. The predicted molar refractivity (Wildman–Crippen MR) is 229 cm³/mol. The molecule has 3 fully saturated rings. The molecule has 0 bridgehead atoms. The summed E-state index contributed by atoms with van der Waals surface area (Å²) in [5.41, 5.74) is 3.41. The van der Waals surface area contributed by atoms with Crippen molar-refractivity contribution in [1.82, 2.24) is 29.7 Å². The standard InChI is InChI=1S/C16H24N2O2.C15H24N2O2.C15H22N2O2/c1-16(2,3)14-8-7-13(12-17-14)20-11-5-10-18-9-4-6-15(18)19;1-15(2,3)14-5-4-13(12-16-14)19-11-8-17-6-9-18-10-7-17;1-15(2,3)13-7-6-12(11-16-13)19-10-9-17-8-4-5-14(17)18/h7-8,12H,4-6,9-11H2,1-3H3;4-5,12H,6-11H2,1-3H3;6-7,11H,4-5,8-10H2,1-3H3. The van der Waals surface area contributed by atoms with Crippen LogP contribution in [-0.2, 0) is 30.6 Å². The molecule has 2 amide bonds. The minimum Gasteiger partial charge on any atom is -0.492 e. The number of morpholine rings is 1. The van der Waals surface area contributed by atoms with Crippen LogP contribution in [0, 0.1) is 0 Å². The smallest absolute Gasteiger partial charge is 0.222 e. The zero-order valence-corrected chi connectivity index (χ0v) is 36.8. The van der Waals surface area contributed by atoms with Crippen LogP contribution in [-0.4, -0.2) is 120 Å². The molecular formula is C46H70N6O6. The molecule has 58 heavy (non-hydrogen) atoms. The van der Waals surface area contributed by atoms with E-state index in [1.807, 2.05) is 52.4 Å². The number of pyridine rings is 3. The summed E-state index contributed by atoms with van der Waals surface area (Å²) in [5.74, 6) is 2.93. The zero-order valence-electron chi connectivity index (χ0n) is 36.8. The van der Waals surface area contributed by atoms with Gasteiger partial charge < -0.3 is 28.7 Å². The van der Waals surface area contributed by atoms with Crippen molar-refractivity contribution in [2.45, 2.75) is 111 Å². The molecule has 12 nitrogen and oxygen atoms in total. The molecule has 0 aliphatic carbocycles. The topological polar surface area (TPSA) is 119 Å². The van der Waals surface area contributed by atoms with Gasteiger partial charge in [0.25, 0.3) is 0 Å². The van der Waals surface area contributed by atoms with E-state index in [9.17, 15) is 9.59 Å². The highest BCUT2D eigenvalue weighted by molar-refractivity contribution is 5.78. The molecule has 12 heteroatoms. The normalized spacial score (nSPS) is 16.4. The number of hydrogen-bond acceptors (Lipinski definition) is 10. The van der Waals surface area contributed by atoms with Crippen LogP contribution in [0.5, 0.6) is 17.2 Å². The van der Waals surface area contributed by atoms with Crippen LogP contribution in [0.2, 0.25) is 0 Å². The van der Waals surface area contributed by atoms with Gasteiger partial charge in [0.2, 0.25) is 11.8 Å². The van der Waals surface area contributed by atoms with Crippen LogP contribution in [0.1, 0.15) is 111 Å². The van der Waals surface area contributed by atoms with Crippen molar-refractivity contribution in [3.63, 3.8) is 0 Å². The summed E-state index contributed by atoms with van der Waals surface area (Å²) < 4.78 is 22.3. The Balaban J connectivity index is 0.000000193. The molecule has 6 heterocycles. The molecule has 0 spiro atoms. The van der Waals surface area contributed by atoms with Crippen LogP contribution in [0.25, 0.3) is 0 Å². The van der Waals surface area contributed by atoms with E-state index in [0.29, 0.717) is 39.2 Å². The van der Waals surface area contributed by atoms with Gasteiger partial charge in [-0.3, -0.25) is 29.4 Å². The van der Waals surface area contributed by atoms with E-state index < -0.39 is 0 Å². The number of rotatable bonds is 13. The summed E-state index contributed by atoms with van der Waals surface area (Å²) in [6.07, 6.45) is 9.58. The lowest BCUT2D eigenvalue weighted by Crippen LogP contribution is -2.38. The first kappa shape index (κ1) is 46.4. The van der Waals surface area contributed by atoms with Crippen LogP contribution in [0.3, 0.4) is 0 Å². The quantitative estimate of drug-likeness (QED) is 0.164. The number of amides is 2. The van der Waals surface area contributed by atoms with Crippen molar-refractivity contribution >= 4 is 11.8 Å². The van der Waals surface area contributed by atoms with E-state index >= 15 is 0 Å². The molecule has 320 valence electrons. The molecule has 3 aliphatic rings. The van der Waals surface area contributed by atoms with Gasteiger partial charge in [0, 0.05) is 85.4 Å². The van der Waals surface area contributed by atoms with Crippen LogP contribution >= 0.6 is 0 Å². The maximum Gasteiger partial charge on any atom is 0.222 e. The van der Waals surface area contributed by atoms with Crippen molar-refractivity contribution in [3.05, 3.63) is 72.1 Å². The average Bonchev–Trinajstić information content (AvgIpc) is 3.80. The Morgan fingerprint density at radius 2 is 0.931 bits per heavy atom. The fourth-order valence-electron chi connectivity index (χ4n) is 6.45. The fraction of sp³-hybridized carbons (Fsp3) is 0.630. The first-order valence-corrected chi connectivity index (χ1v) is 21.1. The summed E-state index contributed by atoms with van der Waals surface area (Å²) in [5, 5.41) is 0. The van der Waals surface area contributed by atoms with Crippen molar-refractivity contribution in [3.8, 4) is 17.2 Å². The second-order valence-electron chi connectivity index (χ2n) is 18.2. The Bertz CT molecular complexity index is 1660. The van der Waals surface area contributed by atoms with Gasteiger partial charge in [-0.15, -0.1) is 0 Å². The first-order valence-electron chi connectivity index (χ1n) is 21.1. The summed E-state index contributed by atoms with van der Waals surface area (Å²) in [4.78, 5) is 42.3. The lowest BCUT2D eigenvalue weighted by Gasteiger charge is -2.26. The summed E-state index contributed by atoms with van der Waals surface area (Å²) in [6, 6.07) is 12.0. The molecule has 0 aromatic carbocycles. The molecule has 6 rings (SSSR count). The molecule has 3 aromatic rings. The first-order chi connectivity index (χ1) is 27.5. The number of hydrogen-bond donors (Lipinski definition) is 0. The summed E-state index contributed by atoms with van der Waals surface area (Å²) in [6.45, 7) is 29.0. The highest BCUT2D eigenvalue weighted by Crippen LogP contribution is 2.24. The second-order valence-corrected chi connectivity index (χ2v) is 18.2. The Morgan fingerprint density at radius 3 is 1.29 bits per heavy atom. The van der Waals surface area contributed by atoms with Crippen molar-refractivity contribution in [2.75, 3.05) is 78.8 Å². The van der Waals surface area contributed by atoms with Crippen molar-refractivity contribution in [2.24, 2.45) is 0 Å². The maximum absolute atomic E-state index is 11.4. The van der Waals surface area contributed by atoms with Crippen molar-refractivity contribution < 1.29 is 28.5 Å². The molecule has 0 radical (unpaired) electrons. The largest absolute Gasteiger partial charge is 0.492 e. The molecule has 3 aromatic heterocycles. The van der Waals surface area contributed by atoms with Gasteiger partial charge in [-0.25, -0.2) is 0 Å². The van der Waals surface area contributed by atoms with Gasteiger partial charge in [-0.1, -0.05) is 62.3 Å². The minimum absolute atomic E-state index is 0.0561. The van der Waals surface area contributed by atoms with Gasteiger partial charge in [0.05, 0.1) is 45.0 Å². The van der Waals surface area contributed by atoms with Crippen LogP contribution in [0.15, 0.2) is 55.0 Å². The molecule has 0 N–H and O–H groups in total. The number of carbonyl (C=O) groups excluding carboxylic acids is 2. The van der Waals surface area contributed by atoms with Crippen LogP contribution in [0.4, 0.5) is 0 Å². The monoisotopic (exact) mass is 803 g/mol.